The fourth-order valence-electron chi connectivity index (χ4n) is 3.38. The lowest BCUT2D eigenvalue weighted by molar-refractivity contribution is 0.0696. The zero-order chi connectivity index (χ0) is 19.4. The molecule has 0 spiro atoms. The summed E-state index contributed by atoms with van der Waals surface area (Å²) in [4.78, 5) is 11.2. The molecule has 0 saturated heterocycles. The minimum atomic E-state index is -1.95. The number of rotatable bonds is 7. The van der Waals surface area contributed by atoms with Gasteiger partial charge in [0, 0.05) is 5.56 Å². The molecule has 1 aliphatic rings. The molecule has 1 atom stereocenters. The molecule has 0 amide bonds. The minimum Gasteiger partial charge on any atom is -0.478 e. The number of nitriles is 1. The van der Waals surface area contributed by atoms with E-state index >= 15 is 0 Å². The lowest BCUT2D eigenvalue weighted by Gasteiger charge is -2.40. The summed E-state index contributed by atoms with van der Waals surface area (Å²) in [6, 6.07) is 12.0. The zero-order valence-corrected chi connectivity index (χ0v) is 17.1. The highest BCUT2D eigenvalue weighted by Crippen LogP contribution is 2.56. The number of carbonyl (C=O) groups is 1. The van der Waals surface area contributed by atoms with E-state index in [9.17, 15) is 10.1 Å². The Hall–Kier alpha value is -2.08. The number of hydrogen-bond donors (Lipinski definition) is 1. The van der Waals surface area contributed by atoms with E-state index in [0.29, 0.717) is 5.56 Å². The first-order chi connectivity index (χ1) is 12.3. The molecule has 1 aromatic carbocycles. The molecule has 1 fully saturated rings. The van der Waals surface area contributed by atoms with Gasteiger partial charge in [-0.15, -0.1) is 0 Å². The maximum Gasteiger partial charge on any atom is 0.335 e. The van der Waals surface area contributed by atoms with Crippen molar-refractivity contribution < 1.29 is 14.3 Å². The molecule has 5 heteroatoms. The van der Waals surface area contributed by atoms with Gasteiger partial charge in [0.05, 0.1) is 17.0 Å². The number of carboxylic acids is 1. The molecule has 1 aromatic rings. The van der Waals surface area contributed by atoms with Gasteiger partial charge >= 0.3 is 5.97 Å². The third-order valence-corrected chi connectivity index (χ3v) is 10.5. The van der Waals surface area contributed by atoms with Crippen LogP contribution in [-0.4, -0.2) is 25.0 Å². The second-order valence-electron chi connectivity index (χ2n) is 7.21. The minimum absolute atomic E-state index is 0.209. The number of benzene rings is 1. The van der Waals surface area contributed by atoms with Crippen LogP contribution in [0.1, 0.15) is 56.5 Å². The van der Waals surface area contributed by atoms with E-state index in [-0.39, 0.29) is 5.56 Å². The number of carboxylic acid groups (broad SMARTS) is 1. The quantitative estimate of drug-likeness (QED) is 0.552. The van der Waals surface area contributed by atoms with Crippen molar-refractivity contribution >= 4 is 14.3 Å². The van der Waals surface area contributed by atoms with Gasteiger partial charge in [0.15, 0.2) is 8.32 Å². The summed E-state index contributed by atoms with van der Waals surface area (Å²) in [5.74, 6) is 5.35. The Morgan fingerprint density at radius 2 is 1.92 bits per heavy atom. The standard InChI is InChI=1S/C21H27NO3Si/c1-5-26(6-2,7-3)25-20(4,21(16-22)13-14-21)12-11-17-9-8-10-18(15-17)19(23)24/h8-10,15H,5-7,13-14H2,1-4H3,(H,23,24)/t20-/m1/s1. The Balaban J connectivity index is 2.44. The molecule has 4 nitrogen and oxygen atoms in total. The van der Waals surface area contributed by atoms with Crippen molar-refractivity contribution in [3.8, 4) is 17.9 Å². The molecule has 1 N–H and O–H groups in total. The molecule has 0 unspecified atom stereocenters. The Morgan fingerprint density at radius 3 is 2.38 bits per heavy atom. The third-order valence-electron chi connectivity index (χ3n) is 5.79. The van der Waals surface area contributed by atoms with Gasteiger partial charge in [-0.3, -0.25) is 0 Å². The summed E-state index contributed by atoms with van der Waals surface area (Å²) in [5, 5.41) is 18.9. The lowest BCUT2D eigenvalue weighted by atomic mass is 9.87. The summed E-state index contributed by atoms with van der Waals surface area (Å²) < 4.78 is 6.72. The molecular weight excluding hydrogens is 342 g/mol. The third kappa shape index (κ3) is 3.85. The Bertz CT molecular complexity index is 770. The van der Waals surface area contributed by atoms with Crippen LogP contribution >= 0.6 is 0 Å². The summed E-state index contributed by atoms with van der Waals surface area (Å²) >= 11 is 0. The molecule has 0 aromatic heterocycles. The number of hydrogen-bond acceptors (Lipinski definition) is 3. The van der Waals surface area contributed by atoms with Gasteiger partial charge in [0.2, 0.25) is 0 Å². The van der Waals surface area contributed by atoms with Crippen molar-refractivity contribution in [2.24, 2.45) is 5.41 Å². The predicted molar refractivity (Wildman–Crippen MR) is 104 cm³/mol. The Labute approximate surface area is 157 Å². The van der Waals surface area contributed by atoms with Crippen molar-refractivity contribution in [2.45, 2.75) is 64.3 Å². The molecule has 26 heavy (non-hydrogen) atoms. The monoisotopic (exact) mass is 369 g/mol. The van der Waals surface area contributed by atoms with Gasteiger partial charge in [0.25, 0.3) is 0 Å². The first-order valence-electron chi connectivity index (χ1n) is 9.27. The average Bonchev–Trinajstić information content (AvgIpc) is 3.47. The highest BCUT2D eigenvalue weighted by Gasteiger charge is 2.60. The highest BCUT2D eigenvalue weighted by molar-refractivity contribution is 6.73. The zero-order valence-electron chi connectivity index (χ0n) is 16.1. The molecule has 0 heterocycles. The highest BCUT2D eigenvalue weighted by atomic mass is 28.4. The van der Waals surface area contributed by atoms with Gasteiger partial charge in [0.1, 0.15) is 5.60 Å². The van der Waals surface area contributed by atoms with Crippen LogP contribution in [0.15, 0.2) is 24.3 Å². The van der Waals surface area contributed by atoms with E-state index in [1.54, 1.807) is 24.3 Å². The van der Waals surface area contributed by atoms with Crippen LogP contribution in [0.5, 0.6) is 0 Å². The van der Waals surface area contributed by atoms with Crippen LogP contribution in [0, 0.1) is 28.6 Å². The van der Waals surface area contributed by atoms with Crippen LogP contribution in [0.4, 0.5) is 0 Å². The molecular formula is C21H27NO3Si. The molecule has 0 radical (unpaired) electrons. The van der Waals surface area contributed by atoms with Crippen LogP contribution in [-0.2, 0) is 4.43 Å². The maximum absolute atomic E-state index is 11.2. The first kappa shape index (κ1) is 20.2. The van der Waals surface area contributed by atoms with Crippen LogP contribution in [0.3, 0.4) is 0 Å². The first-order valence-corrected chi connectivity index (χ1v) is 11.8. The second-order valence-corrected chi connectivity index (χ2v) is 11.9. The smallest absolute Gasteiger partial charge is 0.335 e. The summed E-state index contributed by atoms with van der Waals surface area (Å²) in [6.07, 6.45) is 1.59. The van der Waals surface area contributed by atoms with E-state index in [1.807, 2.05) is 6.92 Å². The van der Waals surface area contributed by atoms with E-state index < -0.39 is 25.3 Å². The number of aromatic carboxylic acids is 1. The molecule has 1 saturated carbocycles. The van der Waals surface area contributed by atoms with Crippen molar-refractivity contribution in [3.63, 3.8) is 0 Å². The summed E-state index contributed by atoms with van der Waals surface area (Å²) in [7, 11) is -1.95. The molecule has 138 valence electrons. The fraction of sp³-hybridized carbons (Fsp3) is 0.524. The topological polar surface area (TPSA) is 70.3 Å². The van der Waals surface area contributed by atoms with Crippen molar-refractivity contribution in [1.29, 1.82) is 5.26 Å². The molecule has 0 aliphatic heterocycles. The summed E-state index contributed by atoms with van der Waals surface area (Å²) in [5.41, 5.74) is -0.539. The molecule has 2 rings (SSSR count). The van der Waals surface area contributed by atoms with Crippen LogP contribution < -0.4 is 0 Å². The van der Waals surface area contributed by atoms with Crippen LogP contribution in [0.25, 0.3) is 0 Å². The van der Waals surface area contributed by atoms with Crippen LogP contribution in [0.2, 0.25) is 18.1 Å². The van der Waals surface area contributed by atoms with Gasteiger partial charge in [-0.1, -0.05) is 38.7 Å². The van der Waals surface area contributed by atoms with Gasteiger partial charge in [-0.25, -0.2) is 4.79 Å². The van der Waals surface area contributed by atoms with E-state index in [1.165, 1.54) is 0 Å². The van der Waals surface area contributed by atoms with Gasteiger partial charge in [-0.2, -0.15) is 5.26 Å². The Morgan fingerprint density at radius 1 is 1.31 bits per heavy atom. The molecule has 0 bridgehead atoms. The normalized spacial score (nSPS) is 17.3. The Kier molecular flexibility index (Phi) is 5.96. The summed E-state index contributed by atoms with van der Waals surface area (Å²) in [6.45, 7) is 8.43. The van der Waals surface area contributed by atoms with E-state index in [0.717, 1.165) is 31.0 Å². The fourth-order valence-corrected chi connectivity index (χ4v) is 6.43. The molecule has 1 aliphatic carbocycles. The number of nitrogens with zero attached hydrogens (tertiary/aromatic N) is 1. The second kappa shape index (κ2) is 7.66. The largest absolute Gasteiger partial charge is 0.478 e. The van der Waals surface area contributed by atoms with Gasteiger partial charge in [-0.05, 0) is 56.1 Å². The van der Waals surface area contributed by atoms with Crippen molar-refractivity contribution in [2.75, 3.05) is 0 Å². The lowest BCUT2D eigenvalue weighted by Crippen LogP contribution is -2.49. The van der Waals surface area contributed by atoms with Crippen molar-refractivity contribution in [3.05, 3.63) is 35.4 Å². The predicted octanol–water partition coefficient (Wildman–Crippen LogP) is 4.82. The van der Waals surface area contributed by atoms with Crippen molar-refractivity contribution in [1.82, 2.24) is 0 Å². The van der Waals surface area contributed by atoms with Gasteiger partial charge < -0.3 is 9.53 Å². The van der Waals surface area contributed by atoms with E-state index in [2.05, 4.69) is 38.7 Å². The average molecular weight is 370 g/mol. The van der Waals surface area contributed by atoms with E-state index in [4.69, 9.17) is 9.53 Å². The SMILES string of the molecule is CC[Si](CC)(CC)O[C@](C)(C#Cc1cccc(C(=O)O)c1)C1(C#N)CC1. The maximum atomic E-state index is 11.2.